The highest BCUT2D eigenvalue weighted by atomic mass is 16.5. The van der Waals surface area contributed by atoms with Gasteiger partial charge < -0.3 is 24.6 Å². The first-order chi connectivity index (χ1) is 17.0. The van der Waals surface area contributed by atoms with Crippen molar-refractivity contribution >= 4 is 11.8 Å². The summed E-state index contributed by atoms with van der Waals surface area (Å²) in [6, 6.07) is 6.43. The fourth-order valence-corrected chi connectivity index (χ4v) is 5.38. The molecule has 2 amide bonds. The second-order valence-electron chi connectivity index (χ2n) is 9.96. The molecule has 2 saturated heterocycles. The minimum Gasteiger partial charge on any atom is -0.493 e. The predicted octanol–water partition coefficient (Wildman–Crippen LogP) is 4.04. The van der Waals surface area contributed by atoms with Gasteiger partial charge in [-0.05, 0) is 69.3 Å². The van der Waals surface area contributed by atoms with E-state index in [0.717, 1.165) is 76.7 Å². The molecule has 0 unspecified atom stereocenters. The molecule has 0 bridgehead atoms. The zero-order valence-electron chi connectivity index (χ0n) is 22.0. The first kappa shape index (κ1) is 27.3. The van der Waals surface area contributed by atoms with Gasteiger partial charge in [-0.1, -0.05) is 32.3 Å². The molecule has 0 aromatic heterocycles. The molecule has 2 fully saturated rings. The van der Waals surface area contributed by atoms with Crippen molar-refractivity contribution in [3.63, 3.8) is 0 Å². The Morgan fingerprint density at radius 1 is 0.943 bits per heavy atom. The minimum absolute atomic E-state index is 0.0986. The van der Waals surface area contributed by atoms with Crippen LogP contribution in [0.2, 0.25) is 0 Å². The van der Waals surface area contributed by atoms with E-state index in [0.29, 0.717) is 36.4 Å². The third-order valence-electron chi connectivity index (χ3n) is 7.64. The number of amides is 2. The van der Waals surface area contributed by atoms with Crippen molar-refractivity contribution < 1.29 is 19.1 Å². The summed E-state index contributed by atoms with van der Waals surface area (Å²) in [7, 11) is 3.26. The van der Waals surface area contributed by atoms with E-state index in [2.05, 4.69) is 22.0 Å². The molecule has 0 aliphatic carbocycles. The number of hydrogen-bond donors (Lipinski definition) is 1. The standard InChI is InChI=1S/C28H45N3O4/c1-4-5-6-7-8-27(32)31-19-14-24(15-20-31)30-17-12-23(13-18-30)28(33)29-16-11-22-9-10-25(34-2)26(21-22)35-3/h9-10,21,23-24H,4-8,11-20H2,1-3H3,(H,29,33). The summed E-state index contributed by atoms with van der Waals surface area (Å²) in [5.41, 5.74) is 1.11. The van der Waals surface area contributed by atoms with Crippen LogP contribution in [0.3, 0.4) is 0 Å². The number of benzene rings is 1. The van der Waals surface area contributed by atoms with Crippen LogP contribution in [-0.2, 0) is 16.0 Å². The van der Waals surface area contributed by atoms with Crippen molar-refractivity contribution in [1.82, 2.24) is 15.1 Å². The highest BCUT2D eigenvalue weighted by molar-refractivity contribution is 5.78. The van der Waals surface area contributed by atoms with E-state index in [-0.39, 0.29) is 11.8 Å². The van der Waals surface area contributed by atoms with Crippen molar-refractivity contribution in [3.05, 3.63) is 23.8 Å². The summed E-state index contributed by atoms with van der Waals surface area (Å²) in [6.45, 7) is 6.54. The van der Waals surface area contributed by atoms with Gasteiger partial charge in [-0.3, -0.25) is 9.59 Å². The zero-order valence-corrected chi connectivity index (χ0v) is 22.0. The van der Waals surface area contributed by atoms with E-state index in [9.17, 15) is 9.59 Å². The summed E-state index contributed by atoms with van der Waals surface area (Å²) in [5.74, 6) is 2.04. The van der Waals surface area contributed by atoms with Gasteiger partial charge in [0.15, 0.2) is 11.5 Å². The van der Waals surface area contributed by atoms with Gasteiger partial charge in [-0.2, -0.15) is 0 Å². The van der Waals surface area contributed by atoms with Crippen molar-refractivity contribution in [3.8, 4) is 11.5 Å². The Labute approximate surface area is 211 Å². The molecule has 2 aliphatic heterocycles. The number of piperidine rings is 2. The van der Waals surface area contributed by atoms with E-state index in [1.807, 2.05) is 18.2 Å². The van der Waals surface area contributed by atoms with Crippen LogP contribution >= 0.6 is 0 Å². The zero-order chi connectivity index (χ0) is 25.0. The summed E-state index contributed by atoms with van der Waals surface area (Å²) >= 11 is 0. The number of likely N-dealkylation sites (tertiary alicyclic amines) is 2. The number of nitrogens with one attached hydrogen (secondary N) is 1. The average Bonchev–Trinajstić information content (AvgIpc) is 2.91. The SMILES string of the molecule is CCCCCCC(=O)N1CCC(N2CCC(C(=O)NCCc3ccc(OC)c(OC)c3)CC2)CC1. The van der Waals surface area contributed by atoms with Gasteiger partial charge in [0.1, 0.15) is 0 Å². The molecular weight excluding hydrogens is 442 g/mol. The molecular formula is C28H45N3O4. The first-order valence-corrected chi connectivity index (χ1v) is 13.6. The van der Waals surface area contributed by atoms with E-state index < -0.39 is 0 Å². The van der Waals surface area contributed by atoms with Gasteiger partial charge in [-0.15, -0.1) is 0 Å². The van der Waals surface area contributed by atoms with Gasteiger partial charge in [0.25, 0.3) is 0 Å². The first-order valence-electron chi connectivity index (χ1n) is 13.6. The molecule has 0 saturated carbocycles. The lowest BCUT2D eigenvalue weighted by molar-refractivity contribution is -0.133. The summed E-state index contributed by atoms with van der Waals surface area (Å²) in [6.07, 6.45) is 10.0. The highest BCUT2D eigenvalue weighted by Crippen LogP contribution is 2.28. The second kappa shape index (κ2) is 14.3. The molecule has 7 heteroatoms. The van der Waals surface area contributed by atoms with Crippen molar-refractivity contribution in [1.29, 1.82) is 0 Å². The van der Waals surface area contributed by atoms with Gasteiger partial charge in [0, 0.05) is 38.0 Å². The number of ether oxygens (including phenoxy) is 2. The van der Waals surface area contributed by atoms with Gasteiger partial charge in [0.2, 0.25) is 11.8 Å². The Morgan fingerprint density at radius 2 is 1.66 bits per heavy atom. The van der Waals surface area contributed by atoms with Crippen molar-refractivity contribution in [2.75, 3.05) is 46.9 Å². The molecule has 2 aliphatic rings. The van der Waals surface area contributed by atoms with E-state index >= 15 is 0 Å². The Morgan fingerprint density at radius 3 is 2.31 bits per heavy atom. The lowest BCUT2D eigenvalue weighted by Gasteiger charge is -2.41. The molecule has 0 atom stereocenters. The lowest BCUT2D eigenvalue weighted by Crippen LogP contribution is -2.50. The number of carbonyl (C=O) groups excluding carboxylic acids is 2. The Hall–Kier alpha value is -2.28. The van der Waals surface area contributed by atoms with Crippen molar-refractivity contribution in [2.24, 2.45) is 5.92 Å². The van der Waals surface area contributed by atoms with E-state index in [4.69, 9.17) is 9.47 Å². The number of carbonyl (C=O) groups is 2. The molecule has 0 spiro atoms. The minimum atomic E-state index is 0.0986. The molecule has 1 N–H and O–H groups in total. The van der Waals surface area contributed by atoms with Crippen molar-refractivity contribution in [2.45, 2.75) is 77.2 Å². The third-order valence-corrected chi connectivity index (χ3v) is 7.64. The smallest absolute Gasteiger partial charge is 0.223 e. The van der Waals surface area contributed by atoms with Crippen LogP contribution in [-0.4, -0.2) is 74.6 Å². The molecule has 35 heavy (non-hydrogen) atoms. The van der Waals surface area contributed by atoms with Crippen LogP contribution in [0.1, 0.15) is 70.3 Å². The Kier molecular flexibility index (Phi) is 11.2. The molecule has 1 aromatic carbocycles. The number of hydrogen-bond acceptors (Lipinski definition) is 5. The summed E-state index contributed by atoms with van der Waals surface area (Å²) < 4.78 is 10.7. The Balaban J connectivity index is 1.32. The maximum Gasteiger partial charge on any atom is 0.223 e. The highest BCUT2D eigenvalue weighted by Gasteiger charge is 2.31. The average molecular weight is 488 g/mol. The normalized spacial score (nSPS) is 17.9. The third kappa shape index (κ3) is 8.13. The Bertz CT molecular complexity index is 799. The van der Waals surface area contributed by atoms with Gasteiger partial charge >= 0.3 is 0 Å². The van der Waals surface area contributed by atoms with Gasteiger partial charge in [-0.25, -0.2) is 0 Å². The molecule has 196 valence electrons. The number of unbranched alkanes of at least 4 members (excludes halogenated alkanes) is 3. The number of nitrogens with zero attached hydrogens (tertiary/aromatic N) is 2. The summed E-state index contributed by atoms with van der Waals surface area (Å²) in [4.78, 5) is 29.8. The lowest BCUT2D eigenvalue weighted by atomic mass is 9.92. The van der Waals surface area contributed by atoms with Crippen LogP contribution in [0.25, 0.3) is 0 Å². The van der Waals surface area contributed by atoms with Crippen LogP contribution in [0.15, 0.2) is 18.2 Å². The number of rotatable bonds is 12. The van der Waals surface area contributed by atoms with Crippen LogP contribution in [0.4, 0.5) is 0 Å². The second-order valence-corrected chi connectivity index (χ2v) is 9.96. The fourth-order valence-electron chi connectivity index (χ4n) is 5.38. The van der Waals surface area contributed by atoms with Crippen LogP contribution < -0.4 is 14.8 Å². The van der Waals surface area contributed by atoms with Crippen LogP contribution in [0.5, 0.6) is 11.5 Å². The fraction of sp³-hybridized carbons (Fsp3) is 0.714. The topological polar surface area (TPSA) is 71.1 Å². The molecule has 1 aromatic rings. The van der Waals surface area contributed by atoms with E-state index in [1.54, 1.807) is 14.2 Å². The molecule has 3 rings (SSSR count). The quantitative estimate of drug-likeness (QED) is 0.451. The molecule has 0 radical (unpaired) electrons. The monoisotopic (exact) mass is 487 g/mol. The molecule has 7 nitrogen and oxygen atoms in total. The van der Waals surface area contributed by atoms with Gasteiger partial charge in [0.05, 0.1) is 14.2 Å². The summed E-state index contributed by atoms with van der Waals surface area (Å²) in [5, 5.41) is 3.13. The van der Waals surface area contributed by atoms with Crippen LogP contribution in [0, 0.1) is 5.92 Å². The largest absolute Gasteiger partial charge is 0.493 e. The molecule has 2 heterocycles. The number of methoxy groups -OCH3 is 2. The van der Waals surface area contributed by atoms with E-state index in [1.165, 1.54) is 12.8 Å². The predicted molar refractivity (Wildman–Crippen MR) is 139 cm³/mol. The maximum atomic E-state index is 12.7. The maximum absolute atomic E-state index is 12.7.